The van der Waals surface area contributed by atoms with Gasteiger partial charge in [-0.05, 0) is 18.6 Å². The highest BCUT2D eigenvalue weighted by molar-refractivity contribution is 6.04. The molecule has 0 fully saturated rings. The molecule has 7 nitrogen and oxygen atoms in total. The number of alkyl halides is 1. The Hall–Kier alpha value is -2.32. The third-order valence-electron chi connectivity index (χ3n) is 4.07. The van der Waals surface area contributed by atoms with Crippen molar-refractivity contribution in [2.24, 2.45) is 0 Å². The van der Waals surface area contributed by atoms with Crippen molar-refractivity contribution in [1.29, 1.82) is 0 Å². The van der Waals surface area contributed by atoms with Gasteiger partial charge in [0.15, 0.2) is 5.82 Å². The lowest BCUT2D eigenvalue weighted by Gasteiger charge is -2.25. The molecule has 1 atom stereocenters. The zero-order valence-electron chi connectivity index (χ0n) is 12.7. The van der Waals surface area contributed by atoms with Crippen LogP contribution in [0, 0.1) is 0 Å². The van der Waals surface area contributed by atoms with E-state index in [0.717, 1.165) is 0 Å². The van der Waals surface area contributed by atoms with Crippen molar-refractivity contribution in [3.05, 3.63) is 24.2 Å². The molecule has 23 heavy (non-hydrogen) atoms. The quantitative estimate of drug-likeness (QED) is 0.651. The number of aromatic nitrogens is 4. The number of nitrogens with two attached hydrogens (primary N) is 1. The number of nitrogens with zero attached hydrogens (tertiary/aromatic N) is 4. The highest BCUT2D eigenvalue weighted by atomic mass is 19.1. The maximum atomic E-state index is 13.4. The van der Waals surface area contributed by atoms with E-state index in [1.54, 1.807) is 25.3 Å². The molecule has 1 unspecified atom stereocenters. The number of anilines is 1. The lowest BCUT2D eigenvalue weighted by atomic mass is 10.0. The maximum absolute atomic E-state index is 13.4. The predicted octanol–water partition coefficient (Wildman–Crippen LogP) is 1.16. The minimum atomic E-state index is -1.38. The molecule has 0 aliphatic rings. The van der Waals surface area contributed by atoms with E-state index >= 15 is 0 Å². The molecular weight excluding hydrogens is 301 g/mol. The molecule has 0 aliphatic heterocycles. The summed E-state index contributed by atoms with van der Waals surface area (Å²) in [7, 11) is 0. The molecule has 3 heterocycles. The minimum Gasteiger partial charge on any atom is -0.393 e. The summed E-state index contributed by atoms with van der Waals surface area (Å²) in [6, 6.07) is 3.48. The normalized spacial score (nSPS) is 14.4. The molecule has 122 valence electrons. The average Bonchev–Trinajstić information content (AvgIpc) is 2.94. The molecule has 4 N–H and O–H groups in total. The summed E-state index contributed by atoms with van der Waals surface area (Å²) in [6.45, 7) is 0.468. The first-order valence-corrected chi connectivity index (χ1v) is 7.31. The lowest BCUT2D eigenvalue weighted by molar-refractivity contribution is -0.0307. The van der Waals surface area contributed by atoms with Crippen LogP contribution in [0.3, 0.4) is 0 Å². The number of aliphatic hydroxyl groups excluding tert-OH is 1. The topological polar surface area (TPSA) is 110 Å². The fourth-order valence-corrected chi connectivity index (χ4v) is 2.61. The molecule has 8 heteroatoms. The summed E-state index contributed by atoms with van der Waals surface area (Å²) in [4.78, 5) is 12.7. The van der Waals surface area contributed by atoms with Crippen LogP contribution in [0.2, 0.25) is 0 Å². The number of hydrogen-bond donors (Lipinski definition) is 3. The van der Waals surface area contributed by atoms with Gasteiger partial charge >= 0.3 is 0 Å². The van der Waals surface area contributed by atoms with Crippen molar-refractivity contribution in [2.75, 3.05) is 12.3 Å². The Balaban J connectivity index is 2.34. The zero-order chi connectivity index (χ0) is 16.6. The van der Waals surface area contributed by atoms with Crippen molar-refractivity contribution in [3.8, 4) is 0 Å². The van der Waals surface area contributed by atoms with Crippen molar-refractivity contribution >= 4 is 27.9 Å². The molecule has 0 saturated carbocycles. The van der Waals surface area contributed by atoms with Gasteiger partial charge in [-0.15, -0.1) is 0 Å². The number of halogens is 1. The number of pyridine rings is 2. The predicted molar refractivity (Wildman–Crippen MR) is 84.4 cm³/mol. The first kappa shape index (κ1) is 15.6. The van der Waals surface area contributed by atoms with Gasteiger partial charge in [0.2, 0.25) is 0 Å². The Morgan fingerprint density at radius 2 is 2.13 bits per heavy atom. The van der Waals surface area contributed by atoms with E-state index in [4.69, 9.17) is 5.73 Å². The van der Waals surface area contributed by atoms with Gasteiger partial charge < -0.3 is 20.5 Å². The molecule has 0 radical (unpaired) electrons. The molecule has 0 aromatic carbocycles. The van der Waals surface area contributed by atoms with Crippen LogP contribution in [0.5, 0.6) is 0 Å². The number of imidazole rings is 1. The van der Waals surface area contributed by atoms with E-state index in [9.17, 15) is 14.6 Å². The number of nitrogen functional groups attached to an aromatic ring is 1. The largest absolute Gasteiger partial charge is 0.393 e. The van der Waals surface area contributed by atoms with Gasteiger partial charge in [0.05, 0.1) is 18.7 Å². The first-order chi connectivity index (χ1) is 11.0. The molecule has 3 aromatic heterocycles. The molecular formula is C15H18FN5O2. The van der Waals surface area contributed by atoms with Crippen LogP contribution >= 0.6 is 0 Å². The summed E-state index contributed by atoms with van der Waals surface area (Å²) in [5.41, 5.74) is 6.51. The van der Waals surface area contributed by atoms with Gasteiger partial charge in [-0.3, -0.25) is 4.98 Å². The van der Waals surface area contributed by atoms with Crippen molar-refractivity contribution in [2.45, 2.75) is 32.2 Å². The summed E-state index contributed by atoms with van der Waals surface area (Å²) in [6.07, 6.45) is 1.91. The number of hydrogen-bond acceptors (Lipinski definition) is 6. The second kappa shape index (κ2) is 5.71. The van der Waals surface area contributed by atoms with Crippen LogP contribution in [0.25, 0.3) is 22.1 Å². The van der Waals surface area contributed by atoms with Crippen molar-refractivity contribution in [3.63, 3.8) is 0 Å². The summed E-state index contributed by atoms with van der Waals surface area (Å²) in [5.74, 6) is 0.296. The molecule has 0 saturated heterocycles. The maximum Gasteiger partial charge on any atom is 0.152 e. The summed E-state index contributed by atoms with van der Waals surface area (Å²) < 4.78 is 15.0. The van der Waals surface area contributed by atoms with E-state index in [1.807, 2.05) is 0 Å². The lowest BCUT2D eigenvalue weighted by Crippen LogP contribution is -2.37. The van der Waals surface area contributed by atoms with Gasteiger partial charge in [0, 0.05) is 6.20 Å². The van der Waals surface area contributed by atoms with E-state index in [-0.39, 0.29) is 18.2 Å². The average molecular weight is 319 g/mol. The van der Waals surface area contributed by atoms with Gasteiger partial charge in [-0.2, -0.15) is 0 Å². The van der Waals surface area contributed by atoms with Gasteiger partial charge in [-0.1, -0.05) is 6.92 Å². The van der Waals surface area contributed by atoms with Crippen LogP contribution in [-0.2, 0) is 13.2 Å². The van der Waals surface area contributed by atoms with Gasteiger partial charge in [-0.25, -0.2) is 14.4 Å². The molecule has 3 aromatic rings. The molecule has 3 rings (SSSR count). The Morgan fingerprint density at radius 1 is 1.35 bits per heavy atom. The fraction of sp³-hybridized carbons (Fsp3) is 0.400. The Labute approximate surface area is 131 Å². The SMILES string of the molecule is CCC(O)(CO)Cn1c(CF)nc2c(N)nc3cccnc3c21. The first-order valence-electron chi connectivity index (χ1n) is 7.31. The third-order valence-corrected chi connectivity index (χ3v) is 4.07. The van der Waals surface area contributed by atoms with Crippen LogP contribution in [0.15, 0.2) is 18.3 Å². The molecule has 0 amide bonds. The monoisotopic (exact) mass is 319 g/mol. The van der Waals surface area contributed by atoms with Gasteiger partial charge in [0.1, 0.15) is 34.7 Å². The number of aliphatic hydroxyl groups is 2. The van der Waals surface area contributed by atoms with Crippen molar-refractivity contribution in [1.82, 2.24) is 19.5 Å². The van der Waals surface area contributed by atoms with Crippen molar-refractivity contribution < 1.29 is 14.6 Å². The highest BCUT2D eigenvalue weighted by Crippen LogP contribution is 2.29. The summed E-state index contributed by atoms with van der Waals surface area (Å²) in [5, 5.41) is 19.9. The third kappa shape index (κ3) is 2.49. The Morgan fingerprint density at radius 3 is 2.78 bits per heavy atom. The zero-order valence-corrected chi connectivity index (χ0v) is 12.7. The van der Waals surface area contributed by atoms with E-state index in [0.29, 0.717) is 28.5 Å². The molecule has 0 bridgehead atoms. The minimum absolute atomic E-state index is 0.00905. The van der Waals surface area contributed by atoms with Gasteiger partial charge in [0.25, 0.3) is 0 Å². The van der Waals surface area contributed by atoms with Crippen LogP contribution < -0.4 is 5.73 Å². The van der Waals surface area contributed by atoms with Crippen LogP contribution in [-0.4, -0.2) is 41.9 Å². The second-order valence-electron chi connectivity index (χ2n) is 5.55. The Bertz CT molecular complexity index is 860. The van der Waals surface area contributed by atoms with E-state index in [2.05, 4.69) is 15.0 Å². The molecule has 0 spiro atoms. The van der Waals surface area contributed by atoms with E-state index < -0.39 is 18.9 Å². The van der Waals surface area contributed by atoms with Crippen LogP contribution in [0.1, 0.15) is 19.2 Å². The van der Waals surface area contributed by atoms with Crippen LogP contribution in [0.4, 0.5) is 10.2 Å². The highest BCUT2D eigenvalue weighted by Gasteiger charge is 2.28. The smallest absolute Gasteiger partial charge is 0.152 e. The summed E-state index contributed by atoms with van der Waals surface area (Å²) >= 11 is 0. The second-order valence-corrected chi connectivity index (χ2v) is 5.55. The fourth-order valence-electron chi connectivity index (χ4n) is 2.61. The number of rotatable bonds is 5. The standard InChI is InChI=1S/C15H18FN5O2/c1-2-15(23,8-22)7-21-10(6-16)20-12-13(21)11-9(19-14(12)17)4-3-5-18-11/h3-5,22-23H,2,6-8H2,1H3,(H2,17,19). The Kier molecular flexibility index (Phi) is 3.87. The van der Waals surface area contributed by atoms with E-state index in [1.165, 1.54) is 4.57 Å². The molecule has 0 aliphatic carbocycles. The number of fused-ring (bicyclic) bond motifs is 3.